The zero-order valence-corrected chi connectivity index (χ0v) is 8.46. The highest BCUT2D eigenvalue weighted by Crippen LogP contribution is 2.15. The predicted molar refractivity (Wildman–Crippen MR) is 56.2 cm³/mol. The van der Waals surface area contributed by atoms with Gasteiger partial charge in [-0.2, -0.15) is 0 Å². The smallest absolute Gasteiger partial charge is 0.0837 e. The van der Waals surface area contributed by atoms with Crippen LogP contribution in [-0.2, 0) is 0 Å². The highest BCUT2D eigenvalue weighted by Gasteiger charge is 2.18. The van der Waals surface area contributed by atoms with E-state index in [1.807, 2.05) is 24.3 Å². The molecule has 1 aliphatic heterocycles. The van der Waals surface area contributed by atoms with Crippen LogP contribution in [0.25, 0.3) is 0 Å². The largest absolute Gasteiger partial charge is 0.390 e. The van der Waals surface area contributed by atoms with Gasteiger partial charge in [0.2, 0.25) is 0 Å². The van der Waals surface area contributed by atoms with Crippen LogP contribution < -0.4 is 10.6 Å². The summed E-state index contributed by atoms with van der Waals surface area (Å²) in [5.74, 6) is 0. The summed E-state index contributed by atoms with van der Waals surface area (Å²) >= 11 is 5.79. The van der Waals surface area contributed by atoms with E-state index in [9.17, 15) is 5.11 Å². The van der Waals surface area contributed by atoms with Gasteiger partial charge in [0.15, 0.2) is 0 Å². The molecule has 0 saturated carbocycles. The summed E-state index contributed by atoms with van der Waals surface area (Å²) in [6.07, 6.45) is -0.172. The molecule has 0 amide bonds. The van der Waals surface area contributed by atoms with E-state index >= 15 is 0 Å². The van der Waals surface area contributed by atoms with E-state index in [1.165, 1.54) is 0 Å². The number of aliphatic hydroxyl groups is 1. The summed E-state index contributed by atoms with van der Waals surface area (Å²) in [4.78, 5) is 0. The molecule has 2 rings (SSSR count). The maximum atomic E-state index is 9.27. The quantitative estimate of drug-likeness (QED) is 0.648. The lowest BCUT2D eigenvalue weighted by molar-refractivity contribution is 0.129. The van der Waals surface area contributed by atoms with Crippen molar-refractivity contribution < 1.29 is 5.11 Å². The molecule has 14 heavy (non-hydrogen) atoms. The number of halogens is 1. The van der Waals surface area contributed by atoms with Crippen molar-refractivity contribution in [2.45, 2.75) is 12.3 Å². The van der Waals surface area contributed by atoms with Crippen LogP contribution in [-0.4, -0.2) is 24.3 Å². The van der Waals surface area contributed by atoms with Crippen molar-refractivity contribution in [2.24, 2.45) is 0 Å². The topological polar surface area (TPSA) is 44.3 Å². The molecule has 0 atom stereocenters. The number of β-amino-alcohol motifs (C(OH)–C–C–N with tert-alkyl or cyclic N) is 1. The zero-order valence-electron chi connectivity index (χ0n) is 7.70. The van der Waals surface area contributed by atoms with Gasteiger partial charge < -0.3 is 5.11 Å². The van der Waals surface area contributed by atoms with Crippen LogP contribution in [0, 0.1) is 0 Å². The fraction of sp³-hybridized carbons (Fsp3) is 0.400. The number of hydrogen-bond donors (Lipinski definition) is 3. The van der Waals surface area contributed by atoms with Crippen molar-refractivity contribution in [1.29, 1.82) is 0 Å². The second kappa shape index (κ2) is 4.28. The van der Waals surface area contributed by atoms with Gasteiger partial charge in [0.25, 0.3) is 0 Å². The molecule has 76 valence electrons. The lowest BCUT2D eigenvalue weighted by Crippen LogP contribution is -2.49. The van der Waals surface area contributed by atoms with Crippen molar-refractivity contribution in [3.05, 3.63) is 34.9 Å². The van der Waals surface area contributed by atoms with Gasteiger partial charge >= 0.3 is 0 Å². The van der Waals surface area contributed by atoms with Crippen molar-refractivity contribution in [2.75, 3.05) is 13.1 Å². The SMILES string of the molecule is OC1CNC(c2ccc(Cl)cc2)NC1. The lowest BCUT2D eigenvalue weighted by atomic mass is 10.1. The minimum Gasteiger partial charge on any atom is -0.390 e. The maximum absolute atomic E-state index is 9.27. The monoisotopic (exact) mass is 212 g/mol. The third-order valence-electron chi connectivity index (χ3n) is 2.32. The minimum absolute atomic E-state index is 0.121. The van der Waals surface area contributed by atoms with Crippen LogP contribution in [0.1, 0.15) is 11.7 Å². The molecular formula is C10H13ClN2O. The Kier molecular flexibility index (Phi) is 3.03. The zero-order chi connectivity index (χ0) is 9.97. The van der Waals surface area contributed by atoms with Crippen molar-refractivity contribution in [3.8, 4) is 0 Å². The summed E-state index contributed by atoms with van der Waals surface area (Å²) < 4.78 is 0. The molecule has 1 saturated heterocycles. The number of benzene rings is 1. The minimum atomic E-state index is -0.293. The number of aliphatic hydroxyl groups excluding tert-OH is 1. The molecule has 1 aromatic carbocycles. The Balaban J connectivity index is 2.05. The van der Waals surface area contributed by atoms with Gasteiger partial charge in [0, 0.05) is 18.1 Å². The molecule has 1 aliphatic rings. The third-order valence-corrected chi connectivity index (χ3v) is 2.57. The summed E-state index contributed by atoms with van der Waals surface area (Å²) in [6.45, 7) is 1.25. The van der Waals surface area contributed by atoms with Crippen LogP contribution in [0.5, 0.6) is 0 Å². The molecule has 1 heterocycles. The van der Waals surface area contributed by atoms with Crippen LogP contribution in [0.2, 0.25) is 5.02 Å². The maximum Gasteiger partial charge on any atom is 0.0837 e. The molecule has 0 bridgehead atoms. The predicted octanol–water partition coefficient (Wildman–Crippen LogP) is 0.892. The molecule has 0 radical (unpaired) electrons. The Bertz CT molecular complexity index is 293. The first kappa shape index (κ1) is 9.93. The van der Waals surface area contributed by atoms with Gasteiger partial charge in [-0.1, -0.05) is 23.7 Å². The molecule has 1 fully saturated rings. The van der Waals surface area contributed by atoms with Gasteiger partial charge in [-0.05, 0) is 17.7 Å². The van der Waals surface area contributed by atoms with E-state index in [1.54, 1.807) is 0 Å². The first-order valence-corrected chi connectivity index (χ1v) is 5.04. The van der Waals surface area contributed by atoms with E-state index in [-0.39, 0.29) is 12.3 Å². The van der Waals surface area contributed by atoms with Gasteiger partial charge in [-0.25, -0.2) is 0 Å². The summed E-state index contributed by atoms with van der Waals surface area (Å²) in [5.41, 5.74) is 1.14. The molecule has 1 aromatic rings. The van der Waals surface area contributed by atoms with Gasteiger partial charge in [-0.15, -0.1) is 0 Å². The van der Waals surface area contributed by atoms with Crippen molar-refractivity contribution >= 4 is 11.6 Å². The normalized spacial score (nSPS) is 27.6. The Morgan fingerprint density at radius 3 is 2.29 bits per heavy atom. The second-order valence-corrected chi connectivity index (χ2v) is 3.89. The fourth-order valence-electron chi connectivity index (χ4n) is 1.54. The average molecular weight is 213 g/mol. The van der Waals surface area contributed by atoms with E-state index in [2.05, 4.69) is 10.6 Å². The molecule has 0 unspecified atom stereocenters. The highest BCUT2D eigenvalue weighted by atomic mass is 35.5. The van der Waals surface area contributed by atoms with Crippen LogP contribution in [0.4, 0.5) is 0 Å². The van der Waals surface area contributed by atoms with Crippen LogP contribution >= 0.6 is 11.6 Å². The Morgan fingerprint density at radius 1 is 1.14 bits per heavy atom. The number of nitrogens with one attached hydrogen (secondary N) is 2. The molecule has 0 aliphatic carbocycles. The van der Waals surface area contributed by atoms with E-state index in [0.29, 0.717) is 13.1 Å². The average Bonchev–Trinajstić information content (AvgIpc) is 2.21. The number of rotatable bonds is 1. The first-order valence-electron chi connectivity index (χ1n) is 4.66. The lowest BCUT2D eigenvalue weighted by Gasteiger charge is -2.28. The summed E-state index contributed by atoms with van der Waals surface area (Å²) in [6, 6.07) is 7.69. The second-order valence-electron chi connectivity index (χ2n) is 3.45. The number of hydrogen-bond acceptors (Lipinski definition) is 3. The van der Waals surface area contributed by atoms with Crippen molar-refractivity contribution in [3.63, 3.8) is 0 Å². The molecule has 4 heteroatoms. The van der Waals surface area contributed by atoms with Gasteiger partial charge in [0.1, 0.15) is 0 Å². The van der Waals surface area contributed by atoms with Gasteiger partial charge in [-0.3, -0.25) is 10.6 Å². The summed E-state index contributed by atoms with van der Waals surface area (Å²) in [7, 11) is 0. The van der Waals surface area contributed by atoms with Crippen LogP contribution in [0.3, 0.4) is 0 Å². The van der Waals surface area contributed by atoms with E-state index in [4.69, 9.17) is 11.6 Å². The molecule has 0 spiro atoms. The molecule has 3 N–H and O–H groups in total. The third kappa shape index (κ3) is 2.25. The van der Waals surface area contributed by atoms with E-state index in [0.717, 1.165) is 10.6 Å². The highest BCUT2D eigenvalue weighted by molar-refractivity contribution is 6.30. The molecule has 3 nitrogen and oxygen atoms in total. The molecule has 0 aromatic heterocycles. The fourth-order valence-corrected chi connectivity index (χ4v) is 1.67. The van der Waals surface area contributed by atoms with Gasteiger partial charge in [0.05, 0.1) is 12.3 Å². The van der Waals surface area contributed by atoms with Crippen molar-refractivity contribution in [1.82, 2.24) is 10.6 Å². The Labute approximate surface area is 88.1 Å². The standard InChI is InChI=1S/C10H13ClN2O/c11-8-3-1-7(2-4-8)10-12-5-9(14)6-13-10/h1-4,9-10,12-14H,5-6H2. The Morgan fingerprint density at radius 2 is 1.71 bits per heavy atom. The molecular weight excluding hydrogens is 200 g/mol. The Hall–Kier alpha value is -0.610. The summed E-state index contributed by atoms with van der Waals surface area (Å²) in [5, 5.41) is 16.4. The van der Waals surface area contributed by atoms with Crippen LogP contribution in [0.15, 0.2) is 24.3 Å². The van der Waals surface area contributed by atoms with E-state index < -0.39 is 0 Å². The first-order chi connectivity index (χ1) is 6.75.